The number of nitrogens with one attached hydrogen (secondary N) is 2. The van der Waals surface area contributed by atoms with Crippen molar-refractivity contribution in [1.29, 1.82) is 0 Å². The number of halogens is 1. The van der Waals surface area contributed by atoms with Crippen molar-refractivity contribution in [2.45, 2.75) is 13.5 Å². The molecular weight excluding hydrogens is 477 g/mol. The van der Waals surface area contributed by atoms with Crippen LogP contribution >= 0.6 is 24.0 Å². The SMILES string of the molecule is Cc1cccc(-c2n[nH]c(=S)n2CC(=O)NCCN2C(=O)S/C(=C\c3ccccc3F)C2=O)c1. The zero-order valence-corrected chi connectivity index (χ0v) is 19.7. The van der Waals surface area contributed by atoms with Gasteiger partial charge in [0.1, 0.15) is 12.4 Å². The van der Waals surface area contributed by atoms with E-state index in [1.54, 1.807) is 16.7 Å². The van der Waals surface area contributed by atoms with Crippen LogP contribution in [0.4, 0.5) is 9.18 Å². The predicted molar refractivity (Wildman–Crippen MR) is 130 cm³/mol. The molecule has 0 atom stereocenters. The minimum atomic E-state index is -0.522. The molecule has 174 valence electrons. The summed E-state index contributed by atoms with van der Waals surface area (Å²) in [6.45, 7) is 1.94. The molecule has 0 aliphatic carbocycles. The molecule has 0 bridgehead atoms. The standard InChI is InChI=1S/C23H20FN5O3S2/c1-14-5-4-7-16(11-14)20-26-27-22(33)29(20)13-19(30)25-9-10-28-21(31)18(34-23(28)32)12-15-6-2-3-8-17(15)24/h2-8,11-12H,9-10,13H2,1H3,(H,25,30)(H,27,33)/b18-12-. The molecule has 0 spiro atoms. The van der Waals surface area contributed by atoms with E-state index >= 15 is 0 Å². The Morgan fingerprint density at radius 3 is 2.79 bits per heavy atom. The van der Waals surface area contributed by atoms with Gasteiger partial charge in [0.25, 0.3) is 11.1 Å². The molecule has 0 saturated carbocycles. The number of imide groups is 1. The number of carbonyl (C=O) groups is 3. The molecule has 1 aromatic heterocycles. The summed E-state index contributed by atoms with van der Waals surface area (Å²) in [4.78, 5) is 38.5. The highest BCUT2D eigenvalue weighted by Crippen LogP contribution is 2.32. The number of rotatable bonds is 7. The van der Waals surface area contributed by atoms with Gasteiger partial charge in [-0.3, -0.25) is 28.9 Å². The number of aromatic amines is 1. The highest BCUT2D eigenvalue weighted by Gasteiger charge is 2.34. The summed E-state index contributed by atoms with van der Waals surface area (Å²) in [5.74, 6) is -0.816. The van der Waals surface area contributed by atoms with Crippen LogP contribution < -0.4 is 5.32 Å². The number of hydrogen-bond donors (Lipinski definition) is 2. The van der Waals surface area contributed by atoms with Crippen molar-refractivity contribution in [1.82, 2.24) is 25.0 Å². The normalized spacial score (nSPS) is 14.8. The van der Waals surface area contributed by atoms with Gasteiger partial charge in [0.05, 0.1) is 4.91 Å². The molecule has 1 aliphatic rings. The minimum Gasteiger partial charge on any atom is -0.353 e. The lowest BCUT2D eigenvalue weighted by molar-refractivity contribution is -0.124. The highest BCUT2D eigenvalue weighted by atomic mass is 32.2. The van der Waals surface area contributed by atoms with Crippen molar-refractivity contribution in [3.63, 3.8) is 0 Å². The second kappa shape index (κ2) is 10.1. The molecule has 8 nitrogen and oxygen atoms in total. The summed E-state index contributed by atoms with van der Waals surface area (Å²) in [7, 11) is 0. The molecule has 1 saturated heterocycles. The van der Waals surface area contributed by atoms with E-state index in [9.17, 15) is 18.8 Å². The fourth-order valence-electron chi connectivity index (χ4n) is 3.40. The first kappa shape index (κ1) is 23.6. The Morgan fingerprint density at radius 1 is 1.24 bits per heavy atom. The second-order valence-corrected chi connectivity index (χ2v) is 8.89. The molecule has 4 rings (SSSR count). The number of thioether (sulfide) groups is 1. The van der Waals surface area contributed by atoms with E-state index in [0.29, 0.717) is 10.6 Å². The number of amides is 3. The van der Waals surface area contributed by atoms with Crippen molar-refractivity contribution in [3.05, 3.63) is 75.2 Å². The van der Waals surface area contributed by atoms with Crippen molar-refractivity contribution in [3.8, 4) is 11.4 Å². The molecule has 2 N–H and O–H groups in total. The minimum absolute atomic E-state index is 0.00740. The second-order valence-electron chi connectivity index (χ2n) is 7.51. The van der Waals surface area contributed by atoms with Gasteiger partial charge in [0.15, 0.2) is 10.6 Å². The first-order valence-electron chi connectivity index (χ1n) is 10.3. The van der Waals surface area contributed by atoms with Gasteiger partial charge in [0.2, 0.25) is 5.91 Å². The Bertz CT molecular complexity index is 1360. The highest BCUT2D eigenvalue weighted by molar-refractivity contribution is 8.18. The molecule has 2 heterocycles. The number of aryl methyl sites for hydroxylation is 1. The molecule has 34 heavy (non-hydrogen) atoms. The van der Waals surface area contributed by atoms with Crippen molar-refractivity contribution < 1.29 is 18.8 Å². The van der Waals surface area contributed by atoms with Crippen LogP contribution in [0.3, 0.4) is 0 Å². The van der Waals surface area contributed by atoms with Crippen LogP contribution in [0.1, 0.15) is 11.1 Å². The number of carbonyl (C=O) groups excluding carboxylic acids is 3. The Hall–Kier alpha value is -3.57. The first-order chi connectivity index (χ1) is 16.3. The van der Waals surface area contributed by atoms with Gasteiger partial charge in [-0.25, -0.2) is 4.39 Å². The van der Waals surface area contributed by atoms with Gasteiger partial charge >= 0.3 is 0 Å². The summed E-state index contributed by atoms with van der Waals surface area (Å²) >= 11 is 6.00. The van der Waals surface area contributed by atoms with Gasteiger partial charge in [-0.05, 0) is 49.1 Å². The number of hydrogen-bond acceptors (Lipinski definition) is 6. The number of nitrogens with zero attached hydrogens (tertiary/aromatic N) is 3. The number of benzene rings is 2. The lowest BCUT2D eigenvalue weighted by atomic mass is 10.1. The van der Waals surface area contributed by atoms with Gasteiger partial charge < -0.3 is 5.32 Å². The fraction of sp³-hybridized carbons (Fsp3) is 0.174. The summed E-state index contributed by atoms with van der Waals surface area (Å²) < 4.78 is 15.8. The summed E-state index contributed by atoms with van der Waals surface area (Å²) in [5.41, 5.74) is 2.09. The number of aromatic nitrogens is 3. The molecule has 3 aromatic rings. The Labute approximate surface area is 203 Å². The van der Waals surface area contributed by atoms with E-state index in [4.69, 9.17) is 12.2 Å². The van der Waals surface area contributed by atoms with E-state index in [0.717, 1.165) is 27.8 Å². The topological polar surface area (TPSA) is 100 Å². The van der Waals surface area contributed by atoms with Crippen LogP contribution in [0.25, 0.3) is 17.5 Å². The number of H-pyrrole nitrogens is 1. The molecule has 3 amide bonds. The van der Waals surface area contributed by atoms with Gasteiger partial charge in [0, 0.05) is 24.2 Å². The van der Waals surface area contributed by atoms with Crippen LogP contribution in [0, 0.1) is 17.5 Å². The molecule has 0 radical (unpaired) electrons. The van der Waals surface area contributed by atoms with Crippen LogP contribution in [-0.4, -0.2) is 49.8 Å². The maximum absolute atomic E-state index is 13.9. The van der Waals surface area contributed by atoms with E-state index in [2.05, 4.69) is 15.5 Å². The summed E-state index contributed by atoms with van der Waals surface area (Å²) in [6, 6.07) is 13.7. The molecule has 0 unspecified atom stereocenters. The molecule has 1 fully saturated rings. The van der Waals surface area contributed by atoms with Crippen molar-refractivity contribution >= 4 is 47.1 Å². The van der Waals surface area contributed by atoms with Crippen LogP contribution in [0.15, 0.2) is 53.4 Å². The van der Waals surface area contributed by atoms with Gasteiger partial charge in [-0.1, -0.05) is 42.0 Å². The average molecular weight is 498 g/mol. The third-order valence-corrected chi connectivity index (χ3v) is 6.28. The first-order valence-corrected chi connectivity index (χ1v) is 11.5. The van der Waals surface area contributed by atoms with Crippen molar-refractivity contribution in [2.75, 3.05) is 13.1 Å². The third kappa shape index (κ3) is 5.15. The fourth-order valence-corrected chi connectivity index (χ4v) is 4.45. The van der Waals surface area contributed by atoms with Crippen LogP contribution in [0.2, 0.25) is 0 Å². The molecule has 11 heteroatoms. The monoisotopic (exact) mass is 497 g/mol. The van der Waals surface area contributed by atoms with Gasteiger partial charge in [-0.2, -0.15) is 5.10 Å². The summed E-state index contributed by atoms with van der Waals surface area (Å²) in [6.07, 6.45) is 1.35. The van der Waals surface area contributed by atoms with E-state index < -0.39 is 17.0 Å². The zero-order chi connectivity index (χ0) is 24.2. The smallest absolute Gasteiger partial charge is 0.293 e. The third-order valence-electron chi connectivity index (χ3n) is 5.06. The average Bonchev–Trinajstić information content (AvgIpc) is 3.29. The van der Waals surface area contributed by atoms with Crippen LogP contribution in [-0.2, 0) is 16.1 Å². The van der Waals surface area contributed by atoms with E-state index in [-0.39, 0.29) is 36.0 Å². The lowest BCUT2D eigenvalue weighted by Crippen LogP contribution is -2.38. The molecular formula is C23H20FN5O3S2. The van der Waals surface area contributed by atoms with Crippen molar-refractivity contribution in [2.24, 2.45) is 0 Å². The zero-order valence-electron chi connectivity index (χ0n) is 18.1. The lowest BCUT2D eigenvalue weighted by Gasteiger charge is -2.13. The molecule has 2 aromatic carbocycles. The van der Waals surface area contributed by atoms with Gasteiger partial charge in [-0.15, -0.1) is 0 Å². The maximum atomic E-state index is 13.9. The maximum Gasteiger partial charge on any atom is 0.293 e. The van der Waals surface area contributed by atoms with E-state index in [1.165, 1.54) is 18.2 Å². The Kier molecular flexibility index (Phi) is 7.03. The van der Waals surface area contributed by atoms with E-state index in [1.807, 2.05) is 31.2 Å². The summed E-state index contributed by atoms with van der Waals surface area (Å²) in [5, 5.41) is 9.15. The quantitative estimate of drug-likeness (QED) is 0.379. The van der Waals surface area contributed by atoms with Crippen LogP contribution in [0.5, 0.6) is 0 Å². The Balaban J connectivity index is 1.37. The Morgan fingerprint density at radius 2 is 2.03 bits per heavy atom. The molecule has 1 aliphatic heterocycles. The predicted octanol–water partition coefficient (Wildman–Crippen LogP) is 3.91. The largest absolute Gasteiger partial charge is 0.353 e.